The fourth-order valence-electron chi connectivity index (χ4n) is 0.278. The maximum atomic E-state index is 10.2. The largest absolute Gasteiger partial charge is 0.300 e. The van der Waals surface area contributed by atoms with Crippen LogP contribution >= 0.6 is 0 Å². The number of carbonyl (C=O) groups is 2. The molecule has 0 aliphatic carbocycles. The van der Waals surface area contributed by atoms with Crippen LogP contribution in [-0.4, -0.2) is 11.6 Å². The van der Waals surface area contributed by atoms with Crippen LogP contribution in [-0.2, 0) is 9.59 Å². The van der Waals surface area contributed by atoms with Crippen molar-refractivity contribution in [2.75, 3.05) is 0 Å². The Morgan fingerprint density at radius 3 is 2.29 bits per heavy atom. The van der Waals surface area contributed by atoms with Gasteiger partial charge in [0.15, 0.2) is 0 Å². The molecule has 0 atom stereocenters. The molecule has 2 nitrogen and oxygen atoms in total. The summed E-state index contributed by atoms with van der Waals surface area (Å²) in [5.41, 5.74) is 0. The molecule has 0 saturated carbocycles. The molecule has 0 aromatic heterocycles. The molecule has 0 aliphatic heterocycles. The molecule has 0 unspecified atom stereocenters. The number of Topliss-reactive ketones (excluding diaryl/α,β-unsaturated/α-hetero) is 2. The second-order valence-corrected chi connectivity index (χ2v) is 1.42. The highest BCUT2D eigenvalue weighted by molar-refractivity contribution is 5.96. The Hall–Kier alpha value is -0.660. The van der Waals surface area contributed by atoms with Gasteiger partial charge in [-0.15, -0.1) is 0 Å². The summed E-state index contributed by atoms with van der Waals surface area (Å²) in [4.78, 5) is 20.3. The lowest BCUT2D eigenvalue weighted by Crippen LogP contribution is -1.97. The summed E-state index contributed by atoms with van der Waals surface area (Å²) < 4.78 is 6.50. The Bertz CT molecular complexity index is 109. The van der Waals surface area contributed by atoms with Crippen LogP contribution in [0.3, 0.4) is 0 Å². The van der Waals surface area contributed by atoms with Gasteiger partial charge in [-0.3, -0.25) is 9.59 Å². The third-order valence-electron chi connectivity index (χ3n) is 0.446. The lowest BCUT2D eigenvalue weighted by molar-refractivity contribution is -0.124. The summed E-state index contributed by atoms with van der Waals surface area (Å²) in [5, 5.41) is 0. The molecule has 2 heteroatoms. The van der Waals surface area contributed by atoms with E-state index in [0.29, 0.717) is 0 Å². The first-order valence-electron chi connectivity index (χ1n) is 2.68. The van der Waals surface area contributed by atoms with E-state index in [1.165, 1.54) is 6.92 Å². The van der Waals surface area contributed by atoms with Gasteiger partial charge in [-0.05, 0) is 13.8 Å². The minimum absolute atomic E-state index is 0.0799. The molecule has 0 radical (unpaired) electrons. The summed E-state index contributed by atoms with van der Waals surface area (Å²) in [6.45, 7) is 1.06. The van der Waals surface area contributed by atoms with Crippen LogP contribution in [0.25, 0.3) is 0 Å². The fraction of sp³-hybridized carbons (Fsp3) is 0.600. The fourth-order valence-corrected chi connectivity index (χ4v) is 0.278. The van der Waals surface area contributed by atoms with Crippen molar-refractivity contribution < 1.29 is 11.0 Å². The van der Waals surface area contributed by atoms with Crippen LogP contribution in [0.2, 0.25) is 0 Å². The third-order valence-corrected chi connectivity index (χ3v) is 0.446. The van der Waals surface area contributed by atoms with Crippen molar-refractivity contribution in [2.24, 2.45) is 0 Å². The molecule has 0 bridgehead atoms. The molecule has 0 spiro atoms. The van der Waals surface area contributed by atoms with Crippen LogP contribution in [0.1, 0.15) is 21.6 Å². The van der Waals surface area contributed by atoms with Gasteiger partial charge in [0.2, 0.25) is 0 Å². The van der Waals surface area contributed by atoms with Crippen LogP contribution in [0.15, 0.2) is 0 Å². The van der Waals surface area contributed by atoms with E-state index in [4.69, 9.17) is 1.37 Å². The normalized spacial score (nSPS) is 10.1. The van der Waals surface area contributed by atoms with Crippen molar-refractivity contribution in [3.63, 3.8) is 0 Å². The smallest absolute Gasteiger partial charge is 0.137 e. The molecule has 0 rings (SSSR count). The van der Waals surface area contributed by atoms with E-state index >= 15 is 0 Å². The molecule has 0 fully saturated rings. The standard InChI is InChI=1S/C5H8O2/c1-4(6)3-5(2)7/h3H2,1-2H3/i1D. The lowest BCUT2D eigenvalue weighted by Gasteiger charge is -1.81. The van der Waals surface area contributed by atoms with Gasteiger partial charge in [-0.2, -0.15) is 0 Å². The molecule has 0 aromatic carbocycles. The summed E-state index contributed by atoms with van der Waals surface area (Å²) in [6, 6.07) is 0. The van der Waals surface area contributed by atoms with Gasteiger partial charge >= 0.3 is 0 Å². The zero-order valence-electron chi connectivity index (χ0n) is 5.23. The summed E-state index contributed by atoms with van der Waals surface area (Å²) in [5.74, 6) is -0.472. The topological polar surface area (TPSA) is 34.1 Å². The maximum Gasteiger partial charge on any atom is 0.137 e. The predicted molar refractivity (Wildman–Crippen MR) is 26.0 cm³/mol. The quantitative estimate of drug-likeness (QED) is 0.476. The average Bonchev–Trinajstić information content (AvgIpc) is 1.65. The van der Waals surface area contributed by atoms with Gasteiger partial charge in [0, 0.05) is 1.37 Å². The minimum atomic E-state index is -0.308. The van der Waals surface area contributed by atoms with E-state index in [0.717, 1.165) is 0 Å². The van der Waals surface area contributed by atoms with Crippen LogP contribution < -0.4 is 0 Å². The monoisotopic (exact) mass is 101 g/mol. The summed E-state index contributed by atoms with van der Waals surface area (Å²) >= 11 is 0. The number of ketones is 2. The Kier molecular flexibility index (Phi) is 1.61. The SMILES string of the molecule is [2H]CC(=O)CC(C)=O. The van der Waals surface area contributed by atoms with Crippen molar-refractivity contribution in [1.29, 1.82) is 0 Å². The minimum Gasteiger partial charge on any atom is -0.300 e. The molecular weight excluding hydrogens is 92.1 g/mol. The molecule has 0 aliphatic rings. The Morgan fingerprint density at radius 2 is 2.14 bits per heavy atom. The number of rotatable bonds is 2. The van der Waals surface area contributed by atoms with Crippen molar-refractivity contribution in [3.8, 4) is 0 Å². The molecule has 0 N–H and O–H groups in total. The van der Waals surface area contributed by atoms with Gasteiger partial charge in [-0.1, -0.05) is 0 Å². The van der Waals surface area contributed by atoms with Crippen molar-refractivity contribution >= 4 is 11.6 Å². The van der Waals surface area contributed by atoms with E-state index in [1.807, 2.05) is 0 Å². The summed E-state index contributed by atoms with van der Waals surface area (Å²) in [6.07, 6.45) is -0.0799. The molecular formula is C5H8O2. The first-order chi connectivity index (χ1) is 3.66. The van der Waals surface area contributed by atoms with Crippen LogP contribution in [0.4, 0.5) is 0 Å². The maximum absolute atomic E-state index is 10.2. The number of hydrogen-bond donors (Lipinski definition) is 0. The number of carbonyl (C=O) groups excluding carboxylic acids is 2. The lowest BCUT2D eigenvalue weighted by atomic mass is 10.2. The van der Waals surface area contributed by atoms with Gasteiger partial charge in [0.05, 0.1) is 6.42 Å². The highest BCUT2D eigenvalue weighted by Crippen LogP contribution is 1.80. The van der Waals surface area contributed by atoms with Crippen molar-refractivity contribution in [1.82, 2.24) is 0 Å². The zero-order chi connectivity index (χ0) is 6.57. The van der Waals surface area contributed by atoms with Gasteiger partial charge < -0.3 is 0 Å². The van der Waals surface area contributed by atoms with Crippen molar-refractivity contribution in [3.05, 3.63) is 0 Å². The van der Waals surface area contributed by atoms with E-state index < -0.39 is 0 Å². The Morgan fingerprint density at radius 1 is 1.57 bits per heavy atom. The second kappa shape index (κ2) is 2.50. The average molecular weight is 101 g/mol. The molecule has 0 aromatic rings. The first kappa shape index (κ1) is 4.50. The predicted octanol–water partition coefficient (Wildman–Crippen LogP) is 0.554. The van der Waals surface area contributed by atoms with Crippen molar-refractivity contribution in [2.45, 2.75) is 20.2 Å². The highest BCUT2D eigenvalue weighted by Gasteiger charge is 1.94. The Balaban J connectivity index is 3.40. The van der Waals surface area contributed by atoms with Gasteiger partial charge in [0.1, 0.15) is 11.6 Å². The van der Waals surface area contributed by atoms with E-state index in [1.54, 1.807) is 0 Å². The first-order valence-corrected chi connectivity index (χ1v) is 1.97. The molecule has 0 amide bonds. The van der Waals surface area contributed by atoms with Gasteiger partial charge in [-0.25, -0.2) is 0 Å². The molecule has 0 heterocycles. The number of hydrogen-bond acceptors (Lipinski definition) is 2. The second-order valence-electron chi connectivity index (χ2n) is 1.42. The Labute approximate surface area is 43.9 Å². The zero-order valence-corrected chi connectivity index (χ0v) is 4.23. The molecule has 0 saturated heterocycles. The van der Waals surface area contributed by atoms with Crippen LogP contribution in [0.5, 0.6) is 0 Å². The molecule has 40 valence electrons. The van der Waals surface area contributed by atoms with Gasteiger partial charge in [0.25, 0.3) is 0 Å². The third kappa shape index (κ3) is 5.34. The van der Waals surface area contributed by atoms with E-state index in [2.05, 4.69) is 0 Å². The highest BCUT2D eigenvalue weighted by atomic mass is 16.1. The van der Waals surface area contributed by atoms with E-state index in [-0.39, 0.29) is 24.9 Å². The summed E-state index contributed by atoms with van der Waals surface area (Å²) in [7, 11) is 0. The molecule has 7 heavy (non-hydrogen) atoms. The van der Waals surface area contributed by atoms with E-state index in [9.17, 15) is 9.59 Å². The van der Waals surface area contributed by atoms with Crippen LogP contribution in [0, 0.1) is 0 Å².